The van der Waals surface area contributed by atoms with Gasteiger partial charge in [0.15, 0.2) is 0 Å². The average Bonchev–Trinajstić information content (AvgIpc) is 2.82. The van der Waals surface area contributed by atoms with Crippen molar-refractivity contribution >= 4 is 12.0 Å². The third-order valence-electron chi connectivity index (χ3n) is 2.44. The van der Waals surface area contributed by atoms with Gasteiger partial charge in [0.25, 0.3) is 0 Å². The maximum Gasteiger partial charge on any atom is 0.317 e. The summed E-state index contributed by atoms with van der Waals surface area (Å²) in [6, 6.07) is 1.58. The van der Waals surface area contributed by atoms with Gasteiger partial charge in [-0.15, -0.1) is 0 Å². The van der Waals surface area contributed by atoms with Crippen molar-refractivity contribution < 1.29 is 14.7 Å². The first kappa shape index (κ1) is 14.0. The number of nitrogens with zero attached hydrogens (tertiary/aromatic N) is 3. The van der Waals surface area contributed by atoms with E-state index >= 15 is 0 Å². The molecule has 0 aliphatic carbocycles. The van der Waals surface area contributed by atoms with Crippen LogP contribution in [0.4, 0.5) is 4.79 Å². The first-order chi connectivity index (χ1) is 8.63. The number of aromatic nitrogens is 2. The van der Waals surface area contributed by atoms with E-state index in [1.807, 2.05) is 19.2 Å². The number of nitrogens with one attached hydrogen (secondary N) is 1. The lowest BCUT2D eigenvalue weighted by Gasteiger charge is -2.21. The summed E-state index contributed by atoms with van der Waals surface area (Å²) in [6.45, 7) is 3.75. The first-order valence-corrected chi connectivity index (χ1v) is 5.85. The SMILES string of the molecule is CCN(CCn1cccn1)C(=O)NCCC(=O)O. The quantitative estimate of drug-likeness (QED) is 0.736. The van der Waals surface area contributed by atoms with Crippen LogP contribution in [0.3, 0.4) is 0 Å². The molecule has 0 aromatic carbocycles. The van der Waals surface area contributed by atoms with E-state index in [1.165, 1.54) is 0 Å². The predicted octanol–water partition coefficient (Wildman–Crippen LogP) is 0.389. The van der Waals surface area contributed by atoms with E-state index in [0.717, 1.165) is 0 Å². The lowest BCUT2D eigenvalue weighted by atomic mass is 10.4. The molecular formula is C11H18N4O3. The van der Waals surface area contributed by atoms with Crippen molar-refractivity contribution in [2.45, 2.75) is 19.9 Å². The molecule has 1 aromatic heterocycles. The smallest absolute Gasteiger partial charge is 0.317 e. The van der Waals surface area contributed by atoms with E-state index in [9.17, 15) is 9.59 Å². The summed E-state index contributed by atoms with van der Waals surface area (Å²) in [4.78, 5) is 23.6. The zero-order valence-corrected chi connectivity index (χ0v) is 10.4. The van der Waals surface area contributed by atoms with Crippen molar-refractivity contribution in [2.75, 3.05) is 19.6 Å². The Labute approximate surface area is 105 Å². The minimum absolute atomic E-state index is 0.0670. The number of amides is 2. The Bertz CT molecular complexity index is 378. The molecule has 2 amide bonds. The van der Waals surface area contributed by atoms with Crippen LogP contribution in [-0.4, -0.2) is 51.4 Å². The molecule has 7 nitrogen and oxygen atoms in total. The van der Waals surface area contributed by atoms with Crippen molar-refractivity contribution in [1.29, 1.82) is 0 Å². The molecule has 0 saturated heterocycles. The summed E-state index contributed by atoms with van der Waals surface area (Å²) in [5, 5.41) is 15.1. The molecule has 0 radical (unpaired) electrons. The average molecular weight is 254 g/mol. The monoisotopic (exact) mass is 254 g/mol. The molecular weight excluding hydrogens is 236 g/mol. The van der Waals surface area contributed by atoms with E-state index in [-0.39, 0.29) is 19.0 Å². The highest BCUT2D eigenvalue weighted by Gasteiger charge is 2.11. The van der Waals surface area contributed by atoms with Crippen molar-refractivity contribution in [1.82, 2.24) is 20.0 Å². The Balaban J connectivity index is 2.30. The van der Waals surface area contributed by atoms with Gasteiger partial charge in [0.05, 0.1) is 13.0 Å². The van der Waals surface area contributed by atoms with Crippen molar-refractivity contribution in [3.8, 4) is 0 Å². The number of carboxylic acids is 1. The van der Waals surface area contributed by atoms with Gasteiger partial charge < -0.3 is 15.3 Å². The van der Waals surface area contributed by atoms with Crippen molar-refractivity contribution in [3.63, 3.8) is 0 Å². The van der Waals surface area contributed by atoms with Gasteiger partial charge in [0.1, 0.15) is 0 Å². The largest absolute Gasteiger partial charge is 0.481 e. The summed E-state index contributed by atoms with van der Waals surface area (Å²) in [6.07, 6.45) is 3.45. The van der Waals surface area contributed by atoms with Gasteiger partial charge in [0, 0.05) is 32.0 Å². The van der Waals surface area contributed by atoms with E-state index in [0.29, 0.717) is 19.6 Å². The maximum absolute atomic E-state index is 11.7. The number of rotatable bonds is 7. The number of carbonyl (C=O) groups is 2. The summed E-state index contributed by atoms with van der Waals surface area (Å²) < 4.78 is 1.74. The second-order valence-corrected chi connectivity index (χ2v) is 3.72. The highest BCUT2D eigenvalue weighted by atomic mass is 16.4. The fourth-order valence-electron chi connectivity index (χ4n) is 1.45. The summed E-state index contributed by atoms with van der Waals surface area (Å²) in [5.74, 6) is -0.921. The number of aliphatic carboxylic acids is 1. The molecule has 0 saturated carbocycles. The fraction of sp³-hybridized carbons (Fsp3) is 0.545. The summed E-state index contributed by atoms with van der Waals surface area (Å²) in [5.41, 5.74) is 0. The minimum Gasteiger partial charge on any atom is -0.481 e. The highest BCUT2D eigenvalue weighted by molar-refractivity contribution is 5.75. The standard InChI is InChI=1S/C11H18N4O3/c1-2-14(8-9-15-7-3-5-13-15)11(18)12-6-4-10(16)17/h3,5,7H,2,4,6,8-9H2,1H3,(H,12,18)(H,16,17). The van der Waals surface area contributed by atoms with Crippen LogP contribution in [0.1, 0.15) is 13.3 Å². The van der Waals surface area contributed by atoms with E-state index in [1.54, 1.807) is 15.8 Å². The third-order valence-corrected chi connectivity index (χ3v) is 2.44. The molecule has 0 spiro atoms. The zero-order valence-electron chi connectivity index (χ0n) is 10.4. The number of carboxylic acid groups (broad SMARTS) is 1. The van der Waals surface area contributed by atoms with Gasteiger partial charge in [-0.3, -0.25) is 9.48 Å². The molecule has 0 unspecified atom stereocenters. The van der Waals surface area contributed by atoms with Crippen molar-refractivity contribution in [2.24, 2.45) is 0 Å². The van der Waals surface area contributed by atoms with Crippen LogP contribution in [-0.2, 0) is 11.3 Å². The molecule has 0 atom stereocenters. The molecule has 1 heterocycles. The Morgan fingerprint density at radius 2 is 2.28 bits per heavy atom. The molecule has 7 heteroatoms. The van der Waals surface area contributed by atoms with Crippen LogP contribution >= 0.6 is 0 Å². The summed E-state index contributed by atoms with van der Waals surface area (Å²) in [7, 11) is 0. The van der Waals surface area contributed by atoms with Gasteiger partial charge >= 0.3 is 12.0 Å². The van der Waals surface area contributed by atoms with Gasteiger partial charge in [-0.1, -0.05) is 0 Å². The molecule has 0 aliphatic rings. The minimum atomic E-state index is -0.921. The van der Waals surface area contributed by atoms with Gasteiger partial charge in [-0.05, 0) is 13.0 Å². The third kappa shape index (κ3) is 4.86. The van der Waals surface area contributed by atoms with Gasteiger partial charge in [-0.25, -0.2) is 4.79 Å². The Morgan fingerprint density at radius 1 is 1.50 bits per heavy atom. The van der Waals surface area contributed by atoms with Crippen LogP contribution < -0.4 is 5.32 Å². The second-order valence-electron chi connectivity index (χ2n) is 3.72. The normalized spacial score (nSPS) is 10.1. The van der Waals surface area contributed by atoms with Crippen LogP contribution in [0.15, 0.2) is 18.5 Å². The molecule has 0 fully saturated rings. The first-order valence-electron chi connectivity index (χ1n) is 5.85. The predicted molar refractivity (Wildman–Crippen MR) is 65.1 cm³/mol. The zero-order chi connectivity index (χ0) is 13.4. The number of urea groups is 1. The van der Waals surface area contributed by atoms with E-state index in [4.69, 9.17) is 5.11 Å². The lowest BCUT2D eigenvalue weighted by Crippen LogP contribution is -2.42. The van der Waals surface area contributed by atoms with Gasteiger partial charge in [-0.2, -0.15) is 5.10 Å². The molecule has 2 N–H and O–H groups in total. The van der Waals surface area contributed by atoms with Crippen LogP contribution in [0, 0.1) is 0 Å². The Morgan fingerprint density at radius 3 is 2.83 bits per heavy atom. The van der Waals surface area contributed by atoms with Crippen molar-refractivity contribution in [3.05, 3.63) is 18.5 Å². The van der Waals surface area contributed by atoms with Crippen LogP contribution in [0.5, 0.6) is 0 Å². The molecule has 18 heavy (non-hydrogen) atoms. The number of carbonyl (C=O) groups excluding carboxylic acids is 1. The second kappa shape index (κ2) is 7.31. The Hall–Kier alpha value is -2.05. The number of hydrogen-bond donors (Lipinski definition) is 2. The van der Waals surface area contributed by atoms with Crippen LogP contribution in [0.25, 0.3) is 0 Å². The Kier molecular flexibility index (Phi) is 5.69. The molecule has 1 aromatic rings. The van der Waals surface area contributed by atoms with E-state index in [2.05, 4.69) is 10.4 Å². The number of hydrogen-bond acceptors (Lipinski definition) is 3. The molecule has 100 valence electrons. The molecule has 1 rings (SSSR count). The molecule has 0 bridgehead atoms. The lowest BCUT2D eigenvalue weighted by molar-refractivity contribution is -0.136. The number of likely N-dealkylation sites (N-methyl/N-ethyl adjacent to an activating group) is 1. The summed E-state index contributed by atoms with van der Waals surface area (Å²) >= 11 is 0. The van der Waals surface area contributed by atoms with E-state index < -0.39 is 5.97 Å². The highest BCUT2D eigenvalue weighted by Crippen LogP contribution is 1.93. The van der Waals surface area contributed by atoms with Gasteiger partial charge in [0.2, 0.25) is 0 Å². The molecule has 0 aliphatic heterocycles. The van der Waals surface area contributed by atoms with Crippen LogP contribution in [0.2, 0.25) is 0 Å². The topological polar surface area (TPSA) is 87.5 Å². The fourth-order valence-corrected chi connectivity index (χ4v) is 1.45. The maximum atomic E-state index is 11.7.